The largest absolute Gasteiger partial charge is 0.383 e. The number of ether oxygens (including phenoxy) is 2. The van der Waals surface area contributed by atoms with Gasteiger partial charge in [-0.15, -0.1) is 0 Å². The number of benzene rings is 1. The van der Waals surface area contributed by atoms with Gasteiger partial charge in [-0.2, -0.15) is 0 Å². The molecule has 0 bridgehead atoms. The van der Waals surface area contributed by atoms with Crippen molar-refractivity contribution in [2.45, 2.75) is 19.9 Å². The summed E-state index contributed by atoms with van der Waals surface area (Å²) in [4.78, 5) is 10.5. The number of aromatic nitrogens is 2. The first kappa shape index (κ1) is 15.9. The average Bonchev–Trinajstić information content (AvgIpc) is 2.89. The minimum Gasteiger partial charge on any atom is -0.383 e. The molecule has 5 nitrogen and oxygen atoms in total. The van der Waals surface area contributed by atoms with Crippen LogP contribution in [-0.2, 0) is 9.47 Å². The van der Waals surface area contributed by atoms with Crippen LogP contribution in [0.5, 0.6) is 0 Å². The van der Waals surface area contributed by atoms with E-state index in [1.54, 1.807) is 14.2 Å². The number of aryl methyl sites for hydroxylation is 1. The maximum atomic E-state index is 5.20. The fourth-order valence-electron chi connectivity index (χ4n) is 2.43. The fraction of sp³-hybridized carbons (Fsp3) is 0.562. The highest BCUT2D eigenvalue weighted by Gasteiger charge is 2.18. The van der Waals surface area contributed by atoms with Crippen molar-refractivity contribution in [2.24, 2.45) is 0 Å². The Bertz CT molecular complexity index is 560. The molecular formula is C16H25N3O2. The Labute approximate surface area is 126 Å². The van der Waals surface area contributed by atoms with Crippen molar-refractivity contribution in [3.63, 3.8) is 0 Å². The lowest BCUT2D eigenvalue weighted by atomic mass is 10.2. The van der Waals surface area contributed by atoms with Gasteiger partial charge in [0.15, 0.2) is 0 Å². The van der Waals surface area contributed by atoms with Crippen LogP contribution in [0.15, 0.2) is 18.2 Å². The number of imidazole rings is 1. The Morgan fingerprint density at radius 3 is 2.48 bits per heavy atom. The van der Waals surface area contributed by atoms with Crippen LogP contribution < -0.4 is 0 Å². The van der Waals surface area contributed by atoms with Crippen LogP contribution >= 0.6 is 0 Å². The molecule has 1 heterocycles. The molecule has 0 fully saturated rings. The number of methoxy groups -OCH3 is 2. The summed E-state index contributed by atoms with van der Waals surface area (Å²) in [7, 11) is 3.45. The predicted octanol–water partition coefficient (Wildman–Crippen LogP) is 2.53. The quantitative estimate of drug-likeness (QED) is 0.812. The first-order valence-corrected chi connectivity index (χ1v) is 7.34. The predicted molar refractivity (Wildman–Crippen MR) is 84.6 cm³/mol. The number of H-pyrrole nitrogens is 1. The molecule has 0 spiro atoms. The summed E-state index contributed by atoms with van der Waals surface area (Å²) >= 11 is 0. The Hall–Kier alpha value is -1.43. The van der Waals surface area contributed by atoms with E-state index in [-0.39, 0.29) is 6.04 Å². The maximum Gasteiger partial charge on any atom is 0.124 e. The van der Waals surface area contributed by atoms with E-state index in [0.29, 0.717) is 13.2 Å². The second-order valence-electron chi connectivity index (χ2n) is 5.34. The average molecular weight is 291 g/mol. The summed E-state index contributed by atoms with van der Waals surface area (Å²) in [5.74, 6) is 0.989. The van der Waals surface area contributed by atoms with Crippen LogP contribution in [0.2, 0.25) is 0 Å². The maximum absolute atomic E-state index is 5.20. The minimum absolute atomic E-state index is 0.197. The SMILES string of the molecule is COCCN(CCOC)C(C)c1nc2ccc(C)cc2[nH]1. The number of hydrogen-bond acceptors (Lipinski definition) is 4. The van der Waals surface area contributed by atoms with Gasteiger partial charge in [-0.1, -0.05) is 6.07 Å². The molecule has 0 saturated carbocycles. The number of fused-ring (bicyclic) bond motifs is 1. The second-order valence-corrected chi connectivity index (χ2v) is 5.34. The molecular weight excluding hydrogens is 266 g/mol. The molecule has 0 aliphatic carbocycles. The highest BCUT2D eigenvalue weighted by Crippen LogP contribution is 2.21. The molecule has 2 rings (SSSR count). The highest BCUT2D eigenvalue weighted by molar-refractivity contribution is 5.75. The summed E-state index contributed by atoms with van der Waals surface area (Å²) < 4.78 is 10.4. The van der Waals surface area contributed by atoms with Crippen molar-refractivity contribution in [2.75, 3.05) is 40.5 Å². The van der Waals surface area contributed by atoms with E-state index >= 15 is 0 Å². The van der Waals surface area contributed by atoms with E-state index < -0.39 is 0 Å². The molecule has 116 valence electrons. The van der Waals surface area contributed by atoms with Crippen molar-refractivity contribution in [1.82, 2.24) is 14.9 Å². The van der Waals surface area contributed by atoms with Crippen LogP contribution in [0.4, 0.5) is 0 Å². The first-order chi connectivity index (χ1) is 10.2. The molecule has 1 N–H and O–H groups in total. The number of aromatic amines is 1. The Morgan fingerprint density at radius 2 is 1.86 bits per heavy atom. The highest BCUT2D eigenvalue weighted by atomic mass is 16.5. The van der Waals surface area contributed by atoms with E-state index in [9.17, 15) is 0 Å². The van der Waals surface area contributed by atoms with E-state index in [4.69, 9.17) is 14.5 Å². The van der Waals surface area contributed by atoms with Gasteiger partial charge in [-0.25, -0.2) is 4.98 Å². The van der Waals surface area contributed by atoms with Crippen molar-refractivity contribution < 1.29 is 9.47 Å². The fourth-order valence-corrected chi connectivity index (χ4v) is 2.43. The number of nitrogens with one attached hydrogen (secondary N) is 1. The van der Waals surface area contributed by atoms with Crippen molar-refractivity contribution in [3.8, 4) is 0 Å². The van der Waals surface area contributed by atoms with Gasteiger partial charge in [0.05, 0.1) is 30.3 Å². The summed E-state index contributed by atoms with van der Waals surface area (Å²) in [6.07, 6.45) is 0. The second kappa shape index (κ2) is 7.54. The monoisotopic (exact) mass is 291 g/mol. The molecule has 2 aromatic rings. The Morgan fingerprint density at radius 1 is 1.19 bits per heavy atom. The molecule has 0 aliphatic heterocycles. The number of hydrogen-bond donors (Lipinski definition) is 1. The van der Waals surface area contributed by atoms with E-state index in [2.05, 4.69) is 41.9 Å². The number of rotatable bonds is 8. The van der Waals surface area contributed by atoms with Crippen LogP contribution in [0.25, 0.3) is 11.0 Å². The molecule has 1 atom stereocenters. The van der Waals surface area contributed by atoms with E-state index in [0.717, 1.165) is 29.9 Å². The molecule has 1 aromatic carbocycles. The van der Waals surface area contributed by atoms with E-state index in [1.165, 1.54) is 5.56 Å². The van der Waals surface area contributed by atoms with Crippen molar-refractivity contribution >= 4 is 11.0 Å². The third-order valence-electron chi connectivity index (χ3n) is 3.76. The molecule has 0 radical (unpaired) electrons. The first-order valence-electron chi connectivity index (χ1n) is 7.34. The third-order valence-corrected chi connectivity index (χ3v) is 3.76. The van der Waals surface area contributed by atoms with Gasteiger partial charge in [0.2, 0.25) is 0 Å². The van der Waals surface area contributed by atoms with Gasteiger partial charge >= 0.3 is 0 Å². The molecule has 1 unspecified atom stereocenters. The number of nitrogens with zero attached hydrogens (tertiary/aromatic N) is 2. The van der Waals surface area contributed by atoms with Gasteiger partial charge in [0.25, 0.3) is 0 Å². The van der Waals surface area contributed by atoms with Gasteiger partial charge in [0.1, 0.15) is 5.82 Å². The normalized spacial score (nSPS) is 13.2. The summed E-state index contributed by atoms with van der Waals surface area (Å²) in [6.45, 7) is 7.37. The van der Waals surface area contributed by atoms with Gasteiger partial charge in [0, 0.05) is 27.3 Å². The minimum atomic E-state index is 0.197. The topological polar surface area (TPSA) is 50.4 Å². The standard InChI is InChI=1S/C16H25N3O2/c1-12-5-6-14-15(11-12)18-16(17-14)13(2)19(7-9-20-3)8-10-21-4/h5-6,11,13H,7-10H2,1-4H3,(H,17,18). The molecule has 1 aromatic heterocycles. The lowest BCUT2D eigenvalue weighted by molar-refractivity contribution is 0.0899. The van der Waals surface area contributed by atoms with Gasteiger partial charge in [-0.05, 0) is 31.5 Å². The Balaban J connectivity index is 2.17. The molecule has 5 heteroatoms. The van der Waals surface area contributed by atoms with Gasteiger partial charge in [-0.3, -0.25) is 4.90 Å². The lowest BCUT2D eigenvalue weighted by Gasteiger charge is -2.27. The molecule has 0 amide bonds. The van der Waals surface area contributed by atoms with Crippen LogP contribution in [0, 0.1) is 6.92 Å². The zero-order valence-electron chi connectivity index (χ0n) is 13.3. The summed E-state index contributed by atoms with van der Waals surface area (Å²) in [5.41, 5.74) is 3.34. The zero-order valence-corrected chi connectivity index (χ0v) is 13.3. The Kier molecular flexibility index (Phi) is 5.73. The van der Waals surface area contributed by atoms with Crippen molar-refractivity contribution in [1.29, 1.82) is 0 Å². The lowest BCUT2D eigenvalue weighted by Crippen LogP contribution is -2.33. The zero-order chi connectivity index (χ0) is 15.2. The third kappa shape index (κ3) is 4.03. The smallest absolute Gasteiger partial charge is 0.124 e. The van der Waals surface area contributed by atoms with Gasteiger partial charge < -0.3 is 14.5 Å². The van der Waals surface area contributed by atoms with Crippen LogP contribution in [-0.4, -0.2) is 55.4 Å². The summed E-state index contributed by atoms with van der Waals surface area (Å²) in [5, 5.41) is 0. The molecule has 21 heavy (non-hydrogen) atoms. The van der Waals surface area contributed by atoms with Crippen LogP contribution in [0.3, 0.4) is 0 Å². The van der Waals surface area contributed by atoms with Crippen molar-refractivity contribution in [3.05, 3.63) is 29.6 Å². The molecule has 0 aliphatic rings. The summed E-state index contributed by atoms with van der Waals surface area (Å²) in [6, 6.07) is 6.48. The van der Waals surface area contributed by atoms with Crippen LogP contribution in [0.1, 0.15) is 24.4 Å². The molecule has 0 saturated heterocycles. The van der Waals surface area contributed by atoms with E-state index in [1.807, 2.05) is 0 Å².